The second-order valence-electron chi connectivity index (χ2n) is 5.27. The molecule has 1 aliphatic heterocycles. The molecule has 0 aliphatic carbocycles. The monoisotopic (exact) mass is 228 g/mol. The third kappa shape index (κ3) is 3.19. The second kappa shape index (κ2) is 5.99. The Labute approximate surface area is 100 Å². The molecule has 16 heavy (non-hydrogen) atoms. The van der Waals surface area contributed by atoms with Crippen molar-refractivity contribution in [3.05, 3.63) is 0 Å². The smallest absolute Gasteiger partial charge is 0.0769 e. The number of nitrogens with zero attached hydrogens (tertiary/aromatic N) is 1. The Morgan fingerprint density at radius 2 is 1.94 bits per heavy atom. The molecule has 3 nitrogen and oxygen atoms in total. The van der Waals surface area contributed by atoms with Gasteiger partial charge in [0.1, 0.15) is 0 Å². The van der Waals surface area contributed by atoms with Crippen molar-refractivity contribution in [3.63, 3.8) is 0 Å². The molecule has 3 heteroatoms. The fraction of sp³-hybridized carbons (Fsp3) is 1.00. The lowest BCUT2D eigenvalue weighted by Gasteiger charge is -2.44. The van der Waals surface area contributed by atoms with Crippen molar-refractivity contribution >= 4 is 0 Å². The summed E-state index contributed by atoms with van der Waals surface area (Å²) >= 11 is 0. The lowest BCUT2D eigenvalue weighted by Crippen LogP contribution is -2.54. The normalized spacial score (nSPS) is 28.3. The average molecular weight is 228 g/mol. The molecule has 1 saturated heterocycles. The number of hydrogen-bond acceptors (Lipinski definition) is 3. The number of nitrogens with two attached hydrogens (primary N) is 1. The number of β-amino-alcohol motifs (C(OH)–C–C–N with tert-alkyl or cyclic N) is 1. The van der Waals surface area contributed by atoms with Crippen molar-refractivity contribution in [2.24, 2.45) is 5.73 Å². The van der Waals surface area contributed by atoms with E-state index in [0.29, 0.717) is 18.6 Å². The number of likely N-dealkylation sites (tertiary alicyclic amines) is 1. The van der Waals surface area contributed by atoms with Crippen molar-refractivity contribution < 1.29 is 5.11 Å². The molecule has 1 heterocycles. The highest BCUT2D eigenvalue weighted by atomic mass is 16.3. The Morgan fingerprint density at radius 3 is 2.44 bits per heavy atom. The van der Waals surface area contributed by atoms with Gasteiger partial charge in [0.15, 0.2) is 0 Å². The molecule has 1 aliphatic rings. The van der Waals surface area contributed by atoms with Gasteiger partial charge in [-0.05, 0) is 32.6 Å². The van der Waals surface area contributed by atoms with Crippen LogP contribution in [0.1, 0.15) is 52.9 Å². The van der Waals surface area contributed by atoms with Crippen LogP contribution < -0.4 is 5.73 Å². The minimum atomic E-state index is -0.529. The van der Waals surface area contributed by atoms with Crippen LogP contribution in [-0.2, 0) is 0 Å². The summed E-state index contributed by atoms with van der Waals surface area (Å²) in [5.74, 6) is 0. The van der Waals surface area contributed by atoms with Crippen LogP contribution >= 0.6 is 0 Å². The molecule has 96 valence electrons. The summed E-state index contributed by atoms with van der Waals surface area (Å²) in [5, 5.41) is 10.4. The molecule has 2 atom stereocenters. The van der Waals surface area contributed by atoms with Gasteiger partial charge in [-0.25, -0.2) is 0 Å². The summed E-state index contributed by atoms with van der Waals surface area (Å²) < 4.78 is 0. The molecular formula is C13H28N2O. The molecule has 0 saturated carbocycles. The van der Waals surface area contributed by atoms with E-state index in [4.69, 9.17) is 5.73 Å². The summed E-state index contributed by atoms with van der Waals surface area (Å²) in [7, 11) is 0. The summed E-state index contributed by atoms with van der Waals surface area (Å²) in [6.45, 7) is 7.88. The zero-order valence-electron chi connectivity index (χ0n) is 11.1. The zero-order chi connectivity index (χ0) is 12.2. The van der Waals surface area contributed by atoms with Crippen LogP contribution in [0.4, 0.5) is 0 Å². The van der Waals surface area contributed by atoms with Crippen LogP contribution in [-0.4, -0.2) is 40.8 Å². The first kappa shape index (κ1) is 13.9. The van der Waals surface area contributed by atoms with Crippen LogP contribution in [0.25, 0.3) is 0 Å². The standard InChI is InChI=1S/C13H28N2O/c1-4-13(16,5-2)10-15-11(3)7-6-8-12(15)9-14/h11-12,16H,4-10,14H2,1-3H3. The van der Waals surface area contributed by atoms with Gasteiger partial charge in [-0.15, -0.1) is 0 Å². The van der Waals surface area contributed by atoms with Gasteiger partial charge in [0.25, 0.3) is 0 Å². The third-order valence-corrected chi connectivity index (χ3v) is 4.26. The van der Waals surface area contributed by atoms with Crippen LogP contribution in [0.2, 0.25) is 0 Å². The maximum atomic E-state index is 10.4. The maximum Gasteiger partial charge on any atom is 0.0769 e. The van der Waals surface area contributed by atoms with Gasteiger partial charge in [0.05, 0.1) is 5.60 Å². The van der Waals surface area contributed by atoms with Gasteiger partial charge in [0.2, 0.25) is 0 Å². The molecule has 0 bridgehead atoms. The molecule has 2 unspecified atom stereocenters. The lowest BCUT2D eigenvalue weighted by atomic mass is 9.90. The first-order valence-electron chi connectivity index (χ1n) is 6.74. The van der Waals surface area contributed by atoms with E-state index >= 15 is 0 Å². The zero-order valence-corrected chi connectivity index (χ0v) is 11.1. The van der Waals surface area contributed by atoms with Gasteiger partial charge in [-0.3, -0.25) is 4.90 Å². The molecule has 0 aromatic heterocycles. The maximum absolute atomic E-state index is 10.4. The molecule has 0 aromatic rings. The predicted octanol–water partition coefficient (Wildman–Crippen LogP) is 1.74. The predicted molar refractivity (Wildman–Crippen MR) is 68.4 cm³/mol. The number of hydrogen-bond donors (Lipinski definition) is 2. The van der Waals surface area contributed by atoms with Crippen LogP contribution in [0.3, 0.4) is 0 Å². The Kier molecular flexibility index (Phi) is 5.22. The Hall–Kier alpha value is -0.120. The summed E-state index contributed by atoms with van der Waals surface area (Å²) in [6.07, 6.45) is 5.34. The van der Waals surface area contributed by atoms with E-state index in [1.54, 1.807) is 0 Å². The van der Waals surface area contributed by atoms with E-state index in [1.165, 1.54) is 19.3 Å². The highest BCUT2D eigenvalue weighted by Gasteiger charge is 2.33. The molecule has 1 fully saturated rings. The van der Waals surface area contributed by atoms with Crippen molar-refractivity contribution in [1.82, 2.24) is 4.90 Å². The topological polar surface area (TPSA) is 49.5 Å². The quantitative estimate of drug-likeness (QED) is 0.753. The van der Waals surface area contributed by atoms with Crippen molar-refractivity contribution in [3.8, 4) is 0 Å². The number of piperidine rings is 1. The van der Waals surface area contributed by atoms with Crippen molar-refractivity contribution in [2.45, 2.75) is 70.6 Å². The van der Waals surface area contributed by atoms with Gasteiger partial charge in [-0.2, -0.15) is 0 Å². The second-order valence-corrected chi connectivity index (χ2v) is 5.27. The SMILES string of the molecule is CCC(O)(CC)CN1C(C)CCCC1CN. The van der Waals surface area contributed by atoms with E-state index < -0.39 is 5.60 Å². The highest BCUT2D eigenvalue weighted by molar-refractivity contribution is 4.89. The fourth-order valence-corrected chi connectivity index (χ4v) is 2.69. The molecule has 0 amide bonds. The van der Waals surface area contributed by atoms with E-state index in [-0.39, 0.29) is 0 Å². The summed E-state index contributed by atoms with van der Waals surface area (Å²) in [5.41, 5.74) is 5.31. The van der Waals surface area contributed by atoms with Crippen molar-refractivity contribution in [2.75, 3.05) is 13.1 Å². The van der Waals surface area contributed by atoms with Crippen LogP contribution in [0, 0.1) is 0 Å². The third-order valence-electron chi connectivity index (χ3n) is 4.26. The largest absolute Gasteiger partial charge is 0.389 e. The van der Waals surface area contributed by atoms with Gasteiger partial charge in [0, 0.05) is 25.2 Å². The molecule has 0 spiro atoms. The Morgan fingerprint density at radius 1 is 1.31 bits per heavy atom. The molecule has 3 N–H and O–H groups in total. The van der Waals surface area contributed by atoms with Gasteiger partial charge < -0.3 is 10.8 Å². The summed E-state index contributed by atoms with van der Waals surface area (Å²) in [6, 6.07) is 1.03. The Balaban J connectivity index is 2.67. The molecular weight excluding hydrogens is 200 g/mol. The van der Waals surface area contributed by atoms with Crippen LogP contribution in [0.5, 0.6) is 0 Å². The first-order valence-corrected chi connectivity index (χ1v) is 6.74. The van der Waals surface area contributed by atoms with Gasteiger partial charge >= 0.3 is 0 Å². The van der Waals surface area contributed by atoms with E-state index in [1.807, 2.05) is 0 Å². The lowest BCUT2D eigenvalue weighted by molar-refractivity contribution is -0.0370. The average Bonchev–Trinajstić information content (AvgIpc) is 2.31. The molecule has 0 aromatic carbocycles. The van der Waals surface area contributed by atoms with Gasteiger partial charge in [-0.1, -0.05) is 20.3 Å². The molecule has 0 radical (unpaired) electrons. The first-order chi connectivity index (χ1) is 7.56. The molecule has 1 rings (SSSR count). The van der Waals surface area contributed by atoms with E-state index in [9.17, 15) is 5.11 Å². The Bertz CT molecular complexity index is 204. The summed E-state index contributed by atoms with van der Waals surface area (Å²) in [4.78, 5) is 2.43. The highest BCUT2D eigenvalue weighted by Crippen LogP contribution is 2.26. The minimum Gasteiger partial charge on any atom is -0.389 e. The number of rotatable bonds is 5. The van der Waals surface area contributed by atoms with E-state index in [2.05, 4.69) is 25.7 Å². The van der Waals surface area contributed by atoms with E-state index in [0.717, 1.165) is 19.4 Å². The fourth-order valence-electron chi connectivity index (χ4n) is 2.69. The minimum absolute atomic E-state index is 0.466. The van der Waals surface area contributed by atoms with Crippen molar-refractivity contribution in [1.29, 1.82) is 0 Å². The number of aliphatic hydroxyl groups is 1. The van der Waals surface area contributed by atoms with Crippen LogP contribution in [0.15, 0.2) is 0 Å².